The number of carbonyl (C=O) groups excluding carboxylic acids is 1. The predicted octanol–water partition coefficient (Wildman–Crippen LogP) is 4.46. The first kappa shape index (κ1) is 17.5. The van der Waals surface area contributed by atoms with Gasteiger partial charge in [0.25, 0.3) is 0 Å². The molecule has 3 aromatic rings. The maximum Gasteiger partial charge on any atom is 0.209 e. The third kappa shape index (κ3) is 3.70. The number of carbonyl (C=O) groups is 1. The van der Waals surface area contributed by atoms with Gasteiger partial charge in [-0.3, -0.25) is 4.79 Å². The molecule has 2 aromatic carbocycles. The minimum Gasteiger partial charge on any atom is -0.504 e. The van der Waals surface area contributed by atoms with Gasteiger partial charge in [-0.05, 0) is 25.1 Å². The third-order valence-corrected chi connectivity index (χ3v) is 4.20. The predicted molar refractivity (Wildman–Crippen MR) is 103 cm³/mol. The first-order valence-electron chi connectivity index (χ1n) is 8.39. The average molecular weight is 347 g/mol. The van der Waals surface area contributed by atoms with Crippen molar-refractivity contribution in [1.29, 1.82) is 0 Å². The number of aryl methyl sites for hydroxylation is 1. The van der Waals surface area contributed by atoms with Gasteiger partial charge in [-0.2, -0.15) is 0 Å². The van der Waals surface area contributed by atoms with E-state index < -0.39 is 0 Å². The second kappa shape index (κ2) is 7.74. The highest BCUT2D eigenvalue weighted by Crippen LogP contribution is 2.30. The summed E-state index contributed by atoms with van der Waals surface area (Å²) in [5.41, 5.74) is 3.22. The van der Waals surface area contributed by atoms with Crippen molar-refractivity contribution >= 4 is 11.9 Å². The molecule has 4 heteroatoms. The lowest BCUT2D eigenvalue weighted by molar-refractivity contribution is 0.103. The molecule has 1 aromatic heterocycles. The topological polar surface area (TPSA) is 51.5 Å². The Morgan fingerprint density at radius 3 is 2.62 bits per heavy atom. The molecule has 0 spiro atoms. The van der Waals surface area contributed by atoms with Crippen molar-refractivity contribution in [2.75, 3.05) is 7.11 Å². The molecule has 3 rings (SSSR count). The van der Waals surface area contributed by atoms with Crippen LogP contribution < -0.4 is 4.74 Å². The normalized spacial score (nSPS) is 11.0. The number of methoxy groups -OCH3 is 1. The molecule has 0 aliphatic carbocycles. The summed E-state index contributed by atoms with van der Waals surface area (Å²) in [7, 11) is 1.52. The number of allylic oxidation sites excluding steroid dienone is 1. The molecule has 26 heavy (non-hydrogen) atoms. The van der Waals surface area contributed by atoms with Gasteiger partial charge in [0.15, 0.2) is 11.5 Å². The number of phenolic OH excluding ortho intramolecular Hbond substituents is 1. The number of rotatable bonds is 6. The Hall–Kier alpha value is -3.27. The van der Waals surface area contributed by atoms with Crippen molar-refractivity contribution in [3.63, 3.8) is 0 Å². The molecule has 0 amide bonds. The minimum absolute atomic E-state index is 0.00154. The molecule has 0 aliphatic rings. The summed E-state index contributed by atoms with van der Waals surface area (Å²) in [6.45, 7) is 2.54. The molecule has 0 saturated carbocycles. The van der Waals surface area contributed by atoms with Gasteiger partial charge < -0.3 is 14.4 Å². The van der Waals surface area contributed by atoms with Gasteiger partial charge in [-0.15, -0.1) is 0 Å². The largest absolute Gasteiger partial charge is 0.504 e. The number of hydrogen-bond donors (Lipinski definition) is 1. The summed E-state index contributed by atoms with van der Waals surface area (Å²) in [6, 6.07) is 16.5. The van der Waals surface area contributed by atoms with Crippen molar-refractivity contribution in [3.8, 4) is 11.5 Å². The van der Waals surface area contributed by atoms with Crippen LogP contribution in [-0.2, 0) is 6.54 Å². The van der Waals surface area contributed by atoms with Crippen LogP contribution in [0.3, 0.4) is 0 Å². The number of ketones is 1. The second-order valence-electron chi connectivity index (χ2n) is 6.04. The van der Waals surface area contributed by atoms with Crippen LogP contribution >= 0.6 is 0 Å². The summed E-state index contributed by atoms with van der Waals surface area (Å²) in [6.07, 6.45) is 5.69. The van der Waals surface area contributed by atoms with Crippen LogP contribution in [0, 0.1) is 6.92 Å². The number of aromatic nitrogens is 1. The van der Waals surface area contributed by atoms with Crippen molar-refractivity contribution < 1.29 is 14.6 Å². The smallest absolute Gasteiger partial charge is 0.209 e. The summed E-state index contributed by atoms with van der Waals surface area (Å²) in [5.74, 6) is 0.538. The van der Waals surface area contributed by atoms with Crippen LogP contribution in [0.15, 0.2) is 66.9 Å². The molecule has 1 heterocycles. The maximum absolute atomic E-state index is 12.7. The molecule has 0 aliphatic heterocycles. The fourth-order valence-electron chi connectivity index (χ4n) is 2.82. The Bertz CT molecular complexity index is 936. The highest BCUT2D eigenvalue weighted by molar-refractivity contribution is 6.08. The Labute approximate surface area is 153 Å². The summed E-state index contributed by atoms with van der Waals surface area (Å²) >= 11 is 0. The van der Waals surface area contributed by atoms with Crippen LogP contribution in [0.2, 0.25) is 0 Å². The molecule has 0 radical (unpaired) electrons. The number of hydrogen-bond acceptors (Lipinski definition) is 3. The summed E-state index contributed by atoms with van der Waals surface area (Å²) in [5, 5.41) is 9.83. The molecule has 0 fully saturated rings. The molecule has 0 unspecified atom stereocenters. The van der Waals surface area contributed by atoms with Gasteiger partial charge in [0, 0.05) is 23.9 Å². The molecule has 0 atom stereocenters. The molecule has 0 bridgehead atoms. The number of benzene rings is 2. The zero-order valence-corrected chi connectivity index (χ0v) is 14.8. The number of nitrogens with zero attached hydrogens (tertiary/aromatic N) is 1. The van der Waals surface area contributed by atoms with E-state index in [2.05, 4.69) is 0 Å². The van der Waals surface area contributed by atoms with Crippen molar-refractivity contribution in [3.05, 3.63) is 89.3 Å². The summed E-state index contributed by atoms with van der Waals surface area (Å²) < 4.78 is 7.13. The zero-order chi connectivity index (χ0) is 18.5. The van der Waals surface area contributed by atoms with Gasteiger partial charge in [0.1, 0.15) is 0 Å². The van der Waals surface area contributed by atoms with E-state index in [1.807, 2.05) is 72.3 Å². The Morgan fingerprint density at radius 2 is 1.88 bits per heavy atom. The highest BCUT2D eigenvalue weighted by atomic mass is 16.5. The zero-order valence-electron chi connectivity index (χ0n) is 14.8. The van der Waals surface area contributed by atoms with Crippen LogP contribution in [0.25, 0.3) is 6.08 Å². The first-order valence-corrected chi connectivity index (χ1v) is 8.39. The monoisotopic (exact) mass is 347 g/mol. The fraction of sp³-hybridized carbons (Fsp3) is 0.136. The molecule has 1 N–H and O–H groups in total. The third-order valence-electron chi connectivity index (χ3n) is 4.20. The molecule has 4 nitrogen and oxygen atoms in total. The second-order valence-corrected chi connectivity index (χ2v) is 6.04. The van der Waals surface area contributed by atoms with Crippen molar-refractivity contribution in [2.24, 2.45) is 0 Å². The number of ether oxygens (including phenoxy) is 1. The molecular formula is C22H21NO3. The fourth-order valence-corrected chi connectivity index (χ4v) is 2.82. The minimum atomic E-state index is -0.00154. The standard InChI is InChI=1S/C22H21NO3/c1-16-10-12-17(13-11-16)21(25)19-8-5-15-23(19)14-4-7-18-6-3-9-20(24)22(18)26-2/h3-13,15,24H,14H2,1-2H3. The number of para-hydroxylation sites is 1. The molecule has 132 valence electrons. The first-order chi connectivity index (χ1) is 12.6. The van der Waals surface area contributed by atoms with Gasteiger partial charge in [-0.1, -0.05) is 54.1 Å². The lowest BCUT2D eigenvalue weighted by Gasteiger charge is -2.08. The SMILES string of the molecule is COc1c(O)cccc1C=CCn1cccc1C(=O)c1ccc(C)cc1. The van der Waals surface area contributed by atoms with Gasteiger partial charge in [-0.25, -0.2) is 0 Å². The lowest BCUT2D eigenvalue weighted by atomic mass is 10.1. The van der Waals surface area contributed by atoms with E-state index in [0.717, 1.165) is 11.1 Å². The van der Waals surface area contributed by atoms with Gasteiger partial charge in [0.05, 0.1) is 12.8 Å². The van der Waals surface area contributed by atoms with Crippen LogP contribution in [0.1, 0.15) is 27.2 Å². The van der Waals surface area contributed by atoms with E-state index in [-0.39, 0.29) is 11.5 Å². The van der Waals surface area contributed by atoms with E-state index in [9.17, 15) is 9.90 Å². The summed E-state index contributed by atoms with van der Waals surface area (Å²) in [4.78, 5) is 12.7. The Morgan fingerprint density at radius 1 is 1.12 bits per heavy atom. The van der Waals surface area contributed by atoms with E-state index >= 15 is 0 Å². The van der Waals surface area contributed by atoms with E-state index in [0.29, 0.717) is 23.6 Å². The van der Waals surface area contributed by atoms with Crippen LogP contribution in [0.4, 0.5) is 0 Å². The van der Waals surface area contributed by atoms with E-state index in [1.54, 1.807) is 12.1 Å². The van der Waals surface area contributed by atoms with Gasteiger partial charge in [0.2, 0.25) is 5.78 Å². The van der Waals surface area contributed by atoms with Crippen LogP contribution in [0.5, 0.6) is 11.5 Å². The molecule has 0 saturated heterocycles. The van der Waals surface area contributed by atoms with Crippen molar-refractivity contribution in [1.82, 2.24) is 4.57 Å². The number of phenols is 1. The van der Waals surface area contributed by atoms with E-state index in [1.165, 1.54) is 7.11 Å². The maximum atomic E-state index is 12.7. The van der Waals surface area contributed by atoms with Crippen molar-refractivity contribution in [2.45, 2.75) is 13.5 Å². The average Bonchev–Trinajstić information content (AvgIpc) is 3.10. The quantitative estimate of drug-likeness (QED) is 0.670. The molecular weight excluding hydrogens is 326 g/mol. The highest BCUT2D eigenvalue weighted by Gasteiger charge is 2.12. The lowest BCUT2D eigenvalue weighted by Crippen LogP contribution is -2.09. The van der Waals surface area contributed by atoms with E-state index in [4.69, 9.17) is 4.74 Å². The Balaban J connectivity index is 1.78. The van der Waals surface area contributed by atoms with Crippen LogP contribution in [-0.4, -0.2) is 22.6 Å². The Kier molecular flexibility index (Phi) is 5.23. The number of aromatic hydroxyl groups is 1. The van der Waals surface area contributed by atoms with Gasteiger partial charge >= 0.3 is 0 Å².